The fraction of sp³-hybridized carbons (Fsp3) is 0.238. The van der Waals surface area contributed by atoms with Gasteiger partial charge in [0.05, 0.1) is 31.3 Å². The maximum Gasteiger partial charge on any atom is 0.209 e. The van der Waals surface area contributed by atoms with Crippen LogP contribution in [0.1, 0.15) is 25.5 Å². The number of allylic oxidation sites excluding steroid dienone is 2. The Labute approximate surface area is 157 Å². The number of Topliss-reactive ketones (excluding diaryl/α,β-unsaturated/α-hetero) is 1. The highest BCUT2D eigenvalue weighted by molar-refractivity contribution is 5.97. The topological polar surface area (TPSA) is 65.4 Å². The number of nitrogens with zero attached hydrogens (tertiary/aromatic N) is 2. The molecule has 1 atom stereocenters. The molecule has 3 aromatic rings. The second-order valence-electron chi connectivity index (χ2n) is 6.53. The molecule has 1 unspecified atom stereocenters. The number of benzene rings is 2. The highest BCUT2D eigenvalue weighted by Crippen LogP contribution is 2.41. The summed E-state index contributed by atoms with van der Waals surface area (Å²) in [5, 5.41) is 3.29. The zero-order valence-corrected chi connectivity index (χ0v) is 15.7. The Balaban J connectivity index is 2.00. The van der Waals surface area contributed by atoms with Gasteiger partial charge in [0.25, 0.3) is 0 Å². The van der Waals surface area contributed by atoms with Crippen LogP contribution in [0.15, 0.2) is 53.7 Å². The Morgan fingerprint density at radius 2 is 1.85 bits per heavy atom. The maximum absolute atomic E-state index is 12.6. The molecule has 138 valence electrons. The third-order valence-electron chi connectivity index (χ3n) is 4.93. The van der Waals surface area contributed by atoms with Gasteiger partial charge in [-0.25, -0.2) is 4.98 Å². The van der Waals surface area contributed by atoms with Crippen LogP contribution in [0.2, 0.25) is 0 Å². The van der Waals surface area contributed by atoms with Gasteiger partial charge in [-0.15, -0.1) is 0 Å². The Bertz CT molecular complexity index is 1080. The highest BCUT2D eigenvalue weighted by Gasteiger charge is 2.32. The minimum atomic E-state index is -0.300. The number of hydrogen-bond donors (Lipinski definition) is 1. The van der Waals surface area contributed by atoms with E-state index in [1.807, 2.05) is 49.4 Å². The average molecular weight is 363 g/mol. The van der Waals surface area contributed by atoms with Gasteiger partial charge >= 0.3 is 0 Å². The molecule has 0 fully saturated rings. The summed E-state index contributed by atoms with van der Waals surface area (Å²) in [6, 6.07) is 13.4. The van der Waals surface area contributed by atoms with E-state index in [0.29, 0.717) is 17.1 Å². The minimum Gasteiger partial charge on any atom is -0.493 e. The van der Waals surface area contributed by atoms with Gasteiger partial charge in [0.2, 0.25) is 5.95 Å². The van der Waals surface area contributed by atoms with Crippen LogP contribution in [0, 0.1) is 0 Å². The first-order chi connectivity index (χ1) is 13.0. The molecule has 0 saturated carbocycles. The predicted octanol–water partition coefficient (Wildman–Crippen LogP) is 3.93. The summed E-state index contributed by atoms with van der Waals surface area (Å²) >= 11 is 0. The molecule has 6 nitrogen and oxygen atoms in total. The normalized spacial score (nSPS) is 16.1. The lowest BCUT2D eigenvalue weighted by atomic mass is 9.92. The molecule has 1 N–H and O–H groups in total. The summed E-state index contributed by atoms with van der Waals surface area (Å²) in [4.78, 5) is 17.3. The Kier molecular flexibility index (Phi) is 4.11. The number of ketones is 1. The molecular weight excluding hydrogens is 342 g/mol. The molecule has 27 heavy (non-hydrogen) atoms. The van der Waals surface area contributed by atoms with Crippen molar-refractivity contribution in [1.29, 1.82) is 0 Å². The van der Waals surface area contributed by atoms with E-state index in [2.05, 4.69) is 9.88 Å². The van der Waals surface area contributed by atoms with E-state index in [1.165, 1.54) is 0 Å². The maximum atomic E-state index is 12.6. The fourth-order valence-electron chi connectivity index (χ4n) is 3.76. The SMILES string of the molecule is COc1ccc(C2C(C(C)=O)=C(C)Nc3nc4ccccc4n32)cc1OC. The first-order valence-corrected chi connectivity index (χ1v) is 8.72. The molecule has 1 aromatic heterocycles. The van der Waals surface area contributed by atoms with Crippen molar-refractivity contribution in [3.63, 3.8) is 0 Å². The number of anilines is 1. The Hall–Kier alpha value is -3.28. The molecule has 1 aliphatic heterocycles. The third-order valence-corrected chi connectivity index (χ3v) is 4.93. The van der Waals surface area contributed by atoms with E-state index in [9.17, 15) is 4.79 Å². The number of nitrogens with one attached hydrogen (secondary N) is 1. The van der Waals surface area contributed by atoms with Gasteiger partial charge in [0, 0.05) is 11.3 Å². The monoisotopic (exact) mass is 363 g/mol. The number of hydrogen-bond acceptors (Lipinski definition) is 5. The molecule has 0 bridgehead atoms. The van der Waals surface area contributed by atoms with Gasteiger partial charge in [-0.3, -0.25) is 9.36 Å². The van der Waals surface area contributed by atoms with Gasteiger partial charge in [-0.05, 0) is 43.7 Å². The van der Waals surface area contributed by atoms with Gasteiger partial charge in [-0.1, -0.05) is 18.2 Å². The molecule has 4 rings (SSSR count). The molecule has 2 heterocycles. The van der Waals surface area contributed by atoms with E-state index in [1.54, 1.807) is 21.1 Å². The van der Waals surface area contributed by atoms with Crippen molar-refractivity contribution in [1.82, 2.24) is 9.55 Å². The number of imidazole rings is 1. The second kappa shape index (κ2) is 6.46. The largest absolute Gasteiger partial charge is 0.493 e. The number of aromatic nitrogens is 2. The summed E-state index contributed by atoms with van der Waals surface area (Å²) in [5.41, 5.74) is 4.29. The molecule has 0 spiro atoms. The molecule has 0 saturated heterocycles. The van der Waals surface area contributed by atoms with Crippen LogP contribution in [0.3, 0.4) is 0 Å². The highest BCUT2D eigenvalue weighted by atomic mass is 16.5. The van der Waals surface area contributed by atoms with Crippen molar-refractivity contribution in [2.45, 2.75) is 19.9 Å². The number of rotatable bonds is 4. The molecule has 1 aliphatic rings. The first kappa shape index (κ1) is 17.1. The second-order valence-corrected chi connectivity index (χ2v) is 6.53. The average Bonchev–Trinajstić information content (AvgIpc) is 3.03. The number of carbonyl (C=O) groups excluding carboxylic acids is 1. The number of carbonyl (C=O) groups is 1. The van der Waals surface area contributed by atoms with Crippen molar-refractivity contribution >= 4 is 22.8 Å². The van der Waals surface area contributed by atoms with Crippen LogP contribution in [0.25, 0.3) is 11.0 Å². The van der Waals surface area contributed by atoms with Crippen LogP contribution in [-0.4, -0.2) is 29.6 Å². The first-order valence-electron chi connectivity index (χ1n) is 8.72. The van der Waals surface area contributed by atoms with E-state index < -0.39 is 0 Å². The molecule has 2 aromatic carbocycles. The van der Waals surface area contributed by atoms with Crippen LogP contribution in [0.5, 0.6) is 11.5 Å². The number of fused-ring (bicyclic) bond motifs is 3. The smallest absolute Gasteiger partial charge is 0.209 e. The van der Waals surface area contributed by atoms with Crippen molar-refractivity contribution in [3.8, 4) is 11.5 Å². The summed E-state index contributed by atoms with van der Waals surface area (Å²) < 4.78 is 12.9. The molecule has 6 heteroatoms. The van der Waals surface area contributed by atoms with Gasteiger partial charge in [-0.2, -0.15) is 0 Å². The lowest BCUT2D eigenvalue weighted by molar-refractivity contribution is -0.114. The third kappa shape index (κ3) is 2.65. The molecule has 0 aliphatic carbocycles. The van der Waals surface area contributed by atoms with Crippen molar-refractivity contribution in [2.24, 2.45) is 0 Å². The summed E-state index contributed by atoms with van der Waals surface area (Å²) in [6.45, 7) is 3.51. The van der Waals surface area contributed by atoms with E-state index in [-0.39, 0.29) is 11.8 Å². The van der Waals surface area contributed by atoms with Crippen molar-refractivity contribution < 1.29 is 14.3 Å². The van der Waals surface area contributed by atoms with Crippen LogP contribution < -0.4 is 14.8 Å². The molecular formula is C21H21N3O3. The number of para-hydroxylation sites is 2. The number of methoxy groups -OCH3 is 2. The van der Waals surface area contributed by atoms with E-state index in [4.69, 9.17) is 14.5 Å². The quantitative estimate of drug-likeness (QED) is 0.761. The summed E-state index contributed by atoms with van der Waals surface area (Å²) in [5.74, 6) is 2.01. The number of ether oxygens (including phenoxy) is 2. The van der Waals surface area contributed by atoms with Crippen LogP contribution in [0.4, 0.5) is 5.95 Å². The summed E-state index contributed by atoms with van der Waals surface area (Å²) in [6.07, 6.45) is 0. The van der Waals surface area contributed by atoms with Gasteiger partial charge < -0.3 is 14.8 Å². The van der Waals surface area contributed by atoms with Crippen molar-refractivity contribution in [3.05, 3.63) is 59.3 Å². The molecule has 0 radical (unpaired) electrons. The van der Waals surface area contributed by atoms with Gasteiger partial charge in [0.15, 0.2) is 17.3 Å². The zero-order chi connectivity index (χ0) is 19.1. The lowest BCUT2D eigenvalue weighted by Gasteiger charge is -2.30. The standard InChI is InChI=1S/C21H21N3O3/c1-12-19(13(2)25)20(14-9-10-17(26-3)18(11-14)27-4)24-16-8-6-5-7-15(16)23-21(24)22-12/h5-11,20H,1-4H3,(H,22,23). The van der Waals surface area contributed by atoms with E-state index >= 15 is 0 Å². The summed E-state index contributed by atoms with van der Waals surface area (Å²) in [7, 11) is 3.21. The van der Waals surface area contributed by atoms with Crippen LogP contribution in [-0.2, 0) is 4.79 Å². The van der Waals surface area contributed by atoms with Crippen LogP contribution >= 0.6 is 0 Å². The predicted molar refractivity (Wildman–Crippen MR) is 104 cm³/mol. The Morgan fingerprint density at radius 3 is 2.56 bits per heavy atom. The lowest BCUT2D eigenvalue weighted by Crippen LogP contribution is -2.27. The Morgan fingerprint density at radius 1 is 1.11 bits per heavy atom. The van der Waals surface area contributed by atoms with E-state index in [0.717, 1.165) is 28.2 Å². The zero-order valence-electron chi connectivity index (χ0n) is 15.7. The van der Waals surface area contributed by atoms with Crippen molar-refractivity contribution in [2.75, 3.05) is 19.5 Å². The molecule has 0 amide bonds. The fourth-order valence-corrected chi connectivity index (χ4v) is 3.76. The minimum absolute atomic E-state index is 0.0169. The van der Waals surface area contributed by atoms with Gasteiger partial charge in [0.1, 0.15) is 0 Å².